The van der Waals surface area contributed by atoms with Crippen LogP contribution in [-0.2, 0) is 21.6 Å². The third-order valence-electron chi connectivity index (χ3n) is 3.04. The van der Waals surface area contributed by atoms with E-state index in [1.54, 1.807) is 65.9 Å². The first-order valence-electron chi connectivity index (χ1n) is 10.5. The van der Waals surface area contributed by atoms with Crippen LogP contribution in [0.3, 0.4) is 0 Å². The summed E-state index contributed by atoms with van der Waals surface area (Å²) in [6.07, 6.45) is 0. The monoisotopic (exact) mass is 741 g/mol. The molecule has 0 aromatic carbocycles. The largest absolute Gasteiger partial charge is 0.396 e. The Bertz CT molecular complexity index is 649. The van der Waals surface area contributed by atoms with Crippen LogP contribution >= 0.6 is 118 Å². The van der Waals surface area contributed by atoms with Crippen LogP contribution in [0.2, 0.25) is 0 Å². The summed E-state index contributed by atoms with van der Waals surface area (Å²) < 4.78 is 23.1. The molecule has 0 saturated heterocycles. The van der Waals surface area contributed by atoms with Crippen LogP contribution in [0.25, 0.3) is 0 Å². The Kier molecular flexibility index (Phi) is 35.4. The number of nitrogens with zero attached hydrogens (tertiary/aromatic N) is 2. The minimum Gasteiger partial charge on any atom is -0.396 e. The summed E-state index contributed by atoms with van der Waals surface area (Å²) in [6.45, 7) is 0.163. The number of nitrogens with one attached hydrogen (secondary N) is 1. The molecule has 0 aromatic rings. The molecule has 0 aliphatic heterocycles. The van der Waals surface area contributed by atoms with Gasteiger partial charge in [-0.15, -0.1) is 94.1 Å². The molecule has 2 unspecified atom stereocenters. The zero-order chi connectivity index (χ0) is 27.2. The van der Waals surface area contributed by atoms with Crippen molar-refractivity contribution in [2.24, 2.45) is 9.98 Å². The van der Waals surface area contributed by atoms with Gasteiger partial charge < -0.3 is 10.4 Å². The molecule has 2 atom stereocenters. The number of aliphatic hydroxyl groups excluding tert-OH is 1. The molecule has 0 bridgehead atoms. The van der Waals surface area contributed by atoms with Crippen LogP contribution in [-0.4, -0.2) is 113 Å². The lowest BCUT2D eigenvalue weighted by Gasteiger charge is -2.05. The van der Waals surface area contributed by atoms with E-state index in [0.29, 0.717) is 28.3 Å². The fourth-order valence-electron chi connectivity index (χ4n) is 1.65. The predicted octanol–water partition coefficient (Wildman–Crippen LogP) is 5.78. The van der Waals surface area contributed by atoms with Crippen LogP contribution in [0.5, 0.6) is 0 Å². The van der Waals surface area contributed by atoms with Gasteiger partial charge in [0.2, 0.25) is 0 Å². The van der Waals surface area contributed by atoms with Crippen LogP contribution in [0.15, 0.2) is 9.98 Å². The second-order valence-electron chi connectivity index (χ2n) is 5.91. The third kappa shape index (κ3) is 32.9. The summed E-state index contributed by atoms with van der Waals surface area (Å²) in [6, 6.07) is 0. The zero-order valence-electron chi connectivity index (χ0n) is 20.5. The van der Waals surface area contributed by atoms with Gasteiger partial charge in [-0.2, -0.15) is 11.8 Å². The van der Waals surface area contributed by atoms with Crippen molar-refractivity contribution < 1.29 is 18.3 Å². The van der Waals surface area contributed by atoms with E-state index in [1.807, 2.05) is 47.0 Å². The first-order valence-corrected chi connectivity index (χ1v) is 24.6. The quantitative estimate of drug-likeness (QED) is 0.0460. The summed E-state index contributed by atoms with van der Waals surface area (Å²) in [4.78, 5) is 19.8. The highest BCUT2D eigenvalue weighted by atomic mass is 32.3. The molecule has 218 valence electrons. The van der Waals surface area contributed by atoms with Crippen molar-refractivity contribution in [3.8, 4) is 0 Å². The zero-order valence-corrected chi connectivity index (χ0v) is 30.3. The van der Waals surface area contributed by atoms with Crippen molar-refractivity contribution in [2.75, 3.05) is 83.3 Å². The average molecular weight is 742 g/mol. The molecular weight excluding hydrogens is 707 g/mol. The van der Waals surface area contributed by atoms with Crippen LogP contribution in [0.4, 0.5) is 4.79 Å². The highest BCUT2D eigenvalue weighted by molar-refractivity contribution is 8.30. The second kappa shape index (κ2) is 33.1. The van der Waals surface area contributed by atoms with Gasteiger partial charge in [0.15, 0.2) is 0 Å². The van der Waals surface area contributed by atoms with Gasteiger partial charge in [-0.1, -0.05) is 11.8 Å². The normalized spacial score (nSPS) is 13.5. The van der Waals surface area contributed by atoms with Gasteiger partial charge in [-0.25, -0.2) is 0 Å². The standard InChI is InChI=1S/C18H35N3O4S12/c1-19-8-37(25)17-34-15-32-13-31-14-33-16-35-18(23)21-7-28-11-30-12-29-10-27-6-20-9-36(24)5-4-26-3-2-22/h8-9,22H,2-7,10-17H2,1H3,(H,21,23). The van der Waals surface area contributed by atoms with E-state index in [1.165, 1.54) is 22.9 Å². The molecule has 0 rings (SSSR count). The molecule has 0 saturated carbocycles. The molecule has 0 heterocycles. The number of aliphatic imine (C=N–C) groups is 2. The van der Waals surface area contributed by atoms with Crippen molar-refractivity contribution in [1.29, 1.82) is 0 Å². The number of rotatable bonds is 27. The Morgan fingerprint density at radius 1 is 0.784 bits per heavy atom. The molecule has 19 heteroatoms. The van der Waals surface area contributed by atoms with E-state index >= 15 is 0 Å². The van der Waals surface area contributed by atoms with E-state index in [4.69, 9.17) is 5.11 Å². The first kappa shape index (κ1) is 39.6. The van der Waals surface area contributed by atoms with Gasteiger partial charge in [0.25, 0.3) is 5.24 Å². The average Bonchev–Trinajstić information content (AvgIpc) is 2.88. The van der Waals surface area contributed by atoms with Crippen LogP contribution in [0, 0.1) is 0 Å². The molecular formula is C18H35N3O4S12. The van der Waals surface area contributed by atoms with E-state index in [2.05, 4.69) is 15.3 Å². The van der Waals surface area contributed by atoms with Crippen molar-refractivity contribution >= 4 is 156 Å². The number of thioether (sulfide) groups is 10. The molecule has 1 amide bonds. The van der Waals surface area contributed by atoms with Gasteiger partial charge in [0, 0.05) is 59.9 Å². The third-order valence-corrected chi connectivity index (χ3v) is 17.5. The Morgan fingerprint density at radius 3 is 2.08 bits per heavy atom. The van der Waals surface area contributed by atoms with Gasteiger partial charge in [-0.05, 0) is 0 Å². The Morgan fingerprint density at radius 2 is 1.41 bits per heavy atom. The lowest BCUT2D eigenvalue weighted by atomic mass is 10.9. The second-order valence-corrected chi connectivity index (χ2v) is 21.5. The number of hydrogen-bond acceptors (Lipinski definition) is 16. The summed E-state index contributed by atoms with van der Waals surface area (Å²) >= 11 is 17.1. The fourth-order valence-corrected chi connectivity index (χ4v) is 14.9. The van der Waals surface area contributed by atoms with Gasteiger partial charge in [0.1, 0.15) is 0 Å². The smallest absolute Gasteiger partial charge is 0.280 e. The molecule has 7 nitrogen and oxygen atoms in total. The molecule has 37 heavy (non-hydrogen) atoms. The lowest BCUT2D eigenvalue weighted by molar-refractivity contribution is 0.262. The first-order chi connectivity index (χ1) is 18.1. The SMILES string of the molecule is CN=CS(=O)CSCSCSCSCSC(=O)NCSCSCSCSCN=CS(=O)CCSCCO. The highest BCUT2D eigenvalue weighted by Gasteiger charge is 2.02. The van der Waals surface area contributed by atoms with Crippen LogP contribution in [0.1, 0.15) is 0 Å². The summed E-state index contributed by atoms with van der Waals surface area (Å²) in [7, 11) is -0.341. The molecule has 0 fully saturated rings. The molecule has 0 aliphatic rings. The lowest BCUT2D eigenvalue weighted by Crippen LogP contribution is -2.17. The number of hydrogen-bond donors (Lipinski definition) is 2. The predicted molar refractivity (Wildman–Crippen MR) is 194 cm³/mol. The maximum Gasteiger partial charge on any atom is 0.280 e. The summed E-state index contributed by atoms with van der Waals surface area (Å²) in [5, 5.41) is 18.8. The molecule has 0 radical (unpaired) electrons. The summed E-state index contributed by atoms with van der Waals surface area (Å²) in [5.74, 6) is 3.31. The maximum absolute atomic E-state index is 11.9. The van der Waals surface area contributed by atoms with Crippen molar-refractivity contribution in [3.05, 3.63) is 0 Å². The number of amides is 1. The minimum atomic E-state index is -1.01. The summed E-state index contributed by atoms with van der Waals surface area (Å²) in [5.41, 5.74) is 3.01. The minimum absolute atomic E-state index is 0.0283. The van der Waals surface area contributed by atoms with Crippen molar-refractivity contribution in [3.63, 3.8) is 0 Å². The van der Waals surface area contributed by atoms with Crippen molar-refractivity contribution in [2.45, 2.75) is 0 Å². The van der Waals surface area contributed by atoms with E-state index < -0.39 is 21.6 Å². The molecule has 0 spiro atoms. The molecule has 2 N–H and O–H groups in total. The number of aliphatic hydroxyl groups is 1. The van der Waals surface area contributed by atoms with Gasteiger partial charge in [-0.3, -0.25) is 23.2 Å². The Labute approximate surface area is 269 Å². The topological polar surface area (TPSA) is 108 Å². The van der Waals surface area contributed by atoms with Gasteiger partial charge >= 0.3 is 0 Å². The molecule has 0 aliphatic carbocycles. The Hall–Kier alpha value is 2.57. The van der Waals surface area contributed by atoms with E-state index in [0.717, 1.165) is 41.3 Å². The maximum atomic E-state index is 11.9. The van der Waals surface area contributed by atoms with E-state index in [9.17, 15) is 13.2 Å². The molecule has 0 aromatic heterocycles. The van der Waals surface area contributed by atoms with E-state index in [-0.39, 0.29) is 11.8 Å². The number of carbonyl (C=O) groups is 1. The Balaban J connectivity index is 3.31. The van der Waals surface area contributed by atoms with Gasteiger partial charge in [0.05, 0.1) is 56.1 Å². The van der Waals surface area contributed by atoms with Crippen molar-refractivity contribution in [1.82, 2.24) is 5.32 Å². The highest BCUT2D eigenvalue weighted by Crippen LogP contribution is 2.24. The van der Waals surface area contributed by atoms with Crippen LogP contribution < -0.4 is 5.32 Å². The number of carbonyl (C=O) groups excluding carboxylic acids is 1. The fraction of sp³-hybridized carbons (Fsp3) is 0.833.